The highest BCUT2D eigenvalue weighted by atomic mass is 35.5. The molecule has 6 heteroatoms. The summed E-state index contributed by atoms with van der Waals surface area (Å²) in [6.45, 7) is 0.0754. The Bertz CT molecular complexity index is 656. The molecule has 5 nitrogen and oxygen atoms in total. The smallest absolute Gasteiger partial charge is 0.227 e. The summed E-state index contributed by atoms with van der Waals surface area (Å²) in [4.78, 5) is 12.4. The molecule has 2 unspecified atom stereocenters. The van der Waals surface area contributed by atoms with Crippen LogP contribution < -0.4 is 10.1 Å². The zero-order valence-corrected chi connectivity index (χ0v) is 12.5. The van der Waals surface area contributed by atoms with Crippen LogP contribution in [0.3, 0.4) is 0 Å². The summed E-state index contributed by atoms with van der Waals surface area (Å²) in [6.07, 6.45) is 2.06. The summed E-state index contributed by atoms with van der Waals surface area (Å²) in [6, 6.07) is 8.26. The van der Waals surface area contributed by atoms with E-state index in [9.17, 15) is 9.90 Å². The van der Waals surface area contributed by atoms with Crippen LogP contribution in [0.25, 0.3) is 0 Å². The van der Waals surface area contributed by atoms with Crippen molar-refractivity contribution in [2.45, 2.75) is 12.5 Å². The highest BCUT2D eigenvalue weighted by molar-refractivity contribution is 6.30. The number of amides is 1. The van der Waals surface area contributed by atoms with Gasteiger partial charge in [0.15, 0.2) is 0 Å². The van der Waals surface area contributed by atoms with Crippen LogP contribution in [0.15, 0.2) is 41.0 Å². The fourth-order valence-electron chi connectivity index (χ4n) is 2.52. The first kappa shape index (κ1) is 14.9. The molecule has 1 amide bonds. The zero-order valence-electron chi connectivity index (χ0n) is 11.8. The minimum absolute atomic E-state index is 0.180. The van der Waals surface area contributed by atoms with E-state index in [0.29, 0.717) is 23.8 Å². The number of furan rings is 1. The summed E-state index contributed by atoms with van der Waals surface area (Å²) in [7, 11) is 0. The van der Waals surface area contributed by atoms with E-state index in [2.05, 4.69) is 5.32 Å². The molecule has 0 aliphatic carbocycles. The fourth-order valence-corrected chi connectivity index (χ4v) is 2.71. The molecule has 2 atom stereocenters. The van der Waals surface area contributed by atoms with Gasteiger partial charge >= 0.3 is 0 Å². The third-order valence-electron chi connectivity index (χ3n) is 3.69. The van der Waals surface area contributed by atoms with Gasteiger partial charge in [0, 0.05) is 5.02 Å². The average Bonchev–Trinajstić information content (AvgIpc) is 3.05. The Morgan fingerprint density at radius 1 is 1.45 bits per heavy atom. The lowest BCUT2D eigenvalue weighted by Gasteiger charge is -2.26. The maximum atomic E-state index is 12.4. The molecular weight excluding hydrogens is 306 g/mol. The van der Waals surface area contributed by atoms with Crippen molar-refractivity contribution < 1.29 is 19.1 Å². The van der Waals surface area contributed by atoms with E-state index in [0.717, 1.165) is 11.3 Å². The molecule has 3 rings (SSSR count). The van der Waals surface area contributed by atoms with Crippen LogP contribution in [0.5, 0.6) is 5.75 Å². The number of fused-ring (bicyclic) bond motifs is 1. The third kappa shape index (κ3) is 3.10. The van der Waals surface area contributed by atoms with Crippen molar-refractivity contribution in [3.8, 4) is 5.75 Å². The van der Waals surface area contributed by atoms with Crippen LogP contribution >= 0.6 is 11.6 Å². The first-order valence-corrected chi connectivity index (χ1v) is 7.41. The standard InChI is InChI=1S/C16H16ClNO4/c17-12-3-4-14-10(7-12)6-11(9-22-14)16(20)18-13(8-19)15-2-1-5-21-15/h1-5,7,11,13,19H,6,8-9H2,(H,18,20). The van der Waals surface area contributed by atoms with Gasteiger partial charge in [-0.05, 0) is 42.3 Å². The Hall–Kier alpha value is -1.98. The van der Waals surface area contributed by atoms with Crippen molar-refractivity contribution in [2.24, 2.45) is 5.92 Å². The van der Waals surface area contributed by atoms with E-state index in [4.69, 9.17) is 20.8 Å². The molecule has 1 aliphatic rings. The number of aliphatic hydroxyl groups is 1. The molecule has 1 aromatic heterocycles. The number of benzene rings is 1. The van der Waals surface area contributed by atoms with E-state index in [1.165, 1.54) is 6.26 Å². The molecule has 0 radical (unpaired) electrons. The number of hydrogen-bond donors (Lipinski definition) is 2. The molecule has 0 saturated carbocycles. The van der Waals surface area contributed by atoms with Crippen LogP contribution in [0.1, 0.15) is 17.4 Å². The third-order valence-corrected chi connectivity index (χ3v) is 3.92. The molecule has 116 valence electrons. The lowest BCUT2D eigenvalue weighted by molar-refractivity contribution is -0.127. The summed E-state index contributed by atoms with van der Waals surface area (Å²) in [5, 5.41) is 12.8. The van der Waals surface area contributed by atoms with E-state index < -0.39 is 6.04 Å². The molecule has 22 heavy (non-hydrogen) atoms. The van der Waals surface area contributed by atoms with Crippen LogP contribution in [-0.2, 0) is 11.2 Å². The van der Waals surface area contributed by atoms with Gasteiger partial charge in [-0.15, -0.1) is 0 Å². The zero-order chi connectivity index (χ0) is 15.5. The number of halogens is 1. The second-order valence-electron chi connectivity index (χ2n) is 5.22. The molecule has 1 aliphatic heterocycles. The quantitative estimate of drug-likeness (QED) is 0.906. The van der Waals surface area contributed by atoms with Gasteiger partial charge in [0.2, 0.25) is 5.91 Å². The van der Waals surface area contributed by atoms with E-state index >= 15 is 0 Å². The molecular formula is C16H16ClNO4. The number of aliphatic hydroxyl groups excluding tert-OH is 1. The topological polar surface area (TPSA) is 71.7 Å². The summed E-state index contributed by atoms with van der Waals surface area (Å²) >= 11 is 5.98. The minimum Gasteiger partial charge on any atom is -0.492 e. The number of hydrogen-bond acceptors (Lipinski definition) is 4. The lowest BCUT2D eigenvalue weighted by Crippen LogP contribution is -2.40. The van der Waals surface area contributed by atoms with Gasteiger partial charge in [-0.25, -0.2) is 0 Å². The molecule has 2 heterocycles. The molecule has 2 N–H and O–H groups in total. The predicted octanol–water partition coefficient (Wildman–Crippen LogP) is 2.33. The fraction of sp³-hybridized carbons (Fsp3) is 0.312. The van der Waals surface area contributed by atoms with Crippen LogP contribution in [-0.4, -0.2) is 24.2 Å². The summed E-state index contributed by atoms with van der Waals surface area (Å²) in [5.41, 5.74) is 0.914. The van der Waals surface area contributed by atoms with Crippen molar-refractivity contribution in [1.29, 1.82) is 0 Å². The Kier molecular flexibility index (Phi) is 4.36. The van der Waals surface area contributed by atoms with Crippen LogP contribution in [0.2, 0.25) is 5.02 Å². The maximum absolute atomic E-state index is 12.4. The van der Waals surface area contributed by atoms with Gasteiger partial charge in [-0.3, -0.25) is 4.79 Å². The van der Waals surface area contributed by atoms with E-state index in [1.54, 1.807) is 18.2 Å². The Balaban J connectivity index is 1.68. The predicted molar refractivity (Wildman–Crippen MR) is 80.8 cm³/mol. The van der Waals surface area contributed by atoms with Gasteiger partial charge in [0.05, 0.1) is 18.8 Å². The highest BCUT2D eigenvalue weighted by Crippen LogP contribution is 2.30. The molecule has 1 aromatic carbocycles. The van der Waals surface area contributed by atoms with E-state index in [-0.39, 0.29) is 18.4 Å². The monoisotopic (exact) mass is 321 g/mol. The second kappa shape index (κ2) is 6.42. The number of ether oxygens (including phenoxy) is 1. The minimum atomic E-state index is -0.553. The average molecular weight is 322 g/mol. The maximum Gasteiger partial charge on any atom is 0.227 e. The number of carbonyl (C=O) groups excluding carboxylic acids is 1. The highest BCUT2D eigenvalue weighted by Gasteiger charge is 2.28. The normalized spacial score (nSPS) is 18.2. The first-order valence-electron chi connectivity index (χ1n) is 7.03. The van der Waals surface area contributed by atoms with Crippen molar-refractivity contribution in [2.75, 3.05) is 13.2 Å². The largest absolute Gasteiger partial charge is 0.492 e. The lowest BCUT2D eigenvalue weighted by atomic mass is 9.95. The summed E-state index contributed by atoms with van der Waals surface area (Å²) in [5.74, 6) is 0.783. The molecule has 0 saturated heterocycles. The van der Waals surface area contributed by atoms with Gasteiger partial charge in [0.1, 0.15) is 24.2 Å². The van der Waals surface area contributed by atoms with Gasteiger partial charge < -0.3 is 19.6 Å². The van der Waals surface area contributed by atoms with Gasteiger partial charge in [-0.2, -0.15) is 0 Å². The summed E-state index contributed by atoms with van der Waals surface area (Å²) < 4.78 is 10.8. The van der Waals surface area contributed by atoms with Gasteiger partial charge in [-0.1, -0.05) is 11.6 Å². The van der Waals surface area contributed by atoms with E-state index in [1.807, 2.05) is 12.1 Å². The van der Waals surface area contributed by atoms with Crippen molar-refractivity contribution in [1.82, 2.24) is 5.32 Å². The Morgan fingerprint density at radius 3 is 3.05 bits per heavy atom. The van der Waals surface area contributed by atoms with Gasteiger partial charge in [0.25, 0.3) is 0 Å². The van der Waals surface area contributed by atoms with Crippen molar-refractivity contribution >= 4 is 17.5 Å². The molecule has 2 aromatic rings. The van der Waals surface area contributed by atoms with Crippen LogP contribution in [0, 0.1) is 5.92 Å². The van der Waals surface area contributed by atoms with Crippen molar-refractivity contribution in [3.63, 3.8) is 0 Å². The second-order valence-corrected chi connectivity index (χ2v) is 5.66. The Labute approximate surface area is 132 Å². The Morgan fingerprint density at radius 2 is 2.32 bits per heavy atom. The molecule has 0 fully saturated rings. The molecule has 0 spiro atoms. The number of carbonyl (C=O) groups is 1. The molecule has 0 bridgehead atoms. The SMILES string of the molecule is O=C(NC(CO)c1ccco1)C1COc2ccc(Cl)cc2C1. The number of rotatable bonds is 4. The van der Waals surface area contributed by atoms with Crippen LogP contribution in [0.4, 0.5) is 0 Å². The van der Waals surface area contributed by atoms with Crippen molar-refractivity contribution in [3.05, 3.63) is 52.9 Å². The number of nitrogens with one attached hydrogen (secondary N) is 1. The first-order chi connectivity index (χ1) is 10.7.